The van der Waals surface area contributed by atoms with Crippen LogP contribution in [0, 0.1) is 0 Å². The molecular weight excluding hydrogens is 386 g/mol. The van der Waals surface area contributed by atoms with E-state index in [0.717, 1.165) is 62.1 Å². The van der Waals surface area contributed by atoms with E-state index in [1.165, 1.54) is 11.4 Å². The number of halogens is 1. The van der Waals surface area contributed by atoms with Crippen LogP contribution in [0.25, 0.3) is 0 Å². The van der Waals surface area contributed by atoms with Crippen LogP contribution in [0.15, 0.2) is 53.5 Å². The van der Waals surface area contributed by atoms with Gasteiger partial charge in [0.05, 0.1) is 36.1 Å². The highest BCUT2D eigenvalue weighted by atomic mass is 35.5. The zero-order chi connectivity index (χ0) is 19.7. The summed E-state index contributed by atoms with van der Waals surface area (Å²) in [7, 11) is 0. The van der Waals surface area contributed by atoms with E-state index >= 15 is 0 Å². The lowest BCUT2D eigenvalue weighted by atomic mass is 9.84. The molecule has 152 valence electrons. The van der Waals surface area contributed by atoms with Gasteiger partial charge in [0.1, 0.15) is 5.84 Å². The van der Waals surface area contributed by atoms with Gasteiger partial charge in [-0.15, -0.1) is 0 Å². The fourth-order valence-corrected chi connectivity index (χ4v) is 4.85. The minimum Gasteiger partial charge on any atom is -0.381 e. The Labute approximate surface area is 176 Å². The maximum atomic E-state index is 6.20. The number of rotatable bonds is 3. The molecule has 0 bridgehead atoms. The number of amidine groups is 1. The van der Waals surface area contributed by atoms with E-state index in [9.17, 15) is 0 Å². The third-order valence-electron chi connectivity index (χ3n) is 6.11. The molecule has 2 fully saturated rings. The van der Waals surface area contributed by atoms with Crippen LogP contribution in [-0.4, -0.2) is 43.8 Å². The number of nitrogens with one attached hydrogen (secondary N) is 1. The second kappa shape index (κ2) is 7.98. The van der Waals surface area contributed by atoms with Gasteiger partial charge < -0.3 is 19.7 Å². The van der Waals surface area contributed by atoms with Gasteiger partial charge in [-0.25, -0.2) is 0 Å². The molecule has 6 heteroatoms. The van der Waals surface area contributed by atoms with Gasteiger partial charge in [0.2, 0.25) is 0 Å². The molecule has 2 aromatic rings. The summed E-state index contributed by atoms with van der Waals surface area (Å²) >= 11 is 6.20. The number of anilines is 2. The van der Waals surface area contributed by atoms with Crippen molar-refractivity contribution in [3.8, 4) is 0 Å². The van der Waals surface area contributed by atoms with Gasteiger partial charge in [0.25, 0.3) is 0 Å². The summed E-state index contributed by atoms with van der Waals surface area (Å²) in [6.45, 7) is 3.61. The highest BCUT2D eigenvalue weighted by Gasteiger charge is 2.47. The molecule has 0 aliphatic carbocycles. The largest absolute Gasteiger partial charge is 0.381 e. The second-order valence-corrected chi connectivity index (χ2v) is 8.43. The molecule has 1 atom stereocenters. The molecule has 1 N–H and O–H groups in total. The lowest BCUT2D eigenvalue weighted by Gasteiger charge is -2.50. The van der Waals surface area contributed by atoms with E-state index in [4.69, 9.17) is 26.1 Å². The Hall–Kier alpha value is -2.08. The van der Waals surface area contributed by atoms with Crippen molar-refractivity contribution in [1.82, 2.24) is 0 Å². The number of benzene rings is 2. The van der Waals surface area contributed by atoms with Crippen LogP contribution >= 0.6 is 11.6 Å². The summed E-state index contributed by atoms with van der Waals surface area (Å²) in [5, 5.41) is 4.59. The minimum absolute atomic E-state index is 0.215. The van der Waals surface area contributed by atoms with Crippen molar-refractivity contribution in [3.63, 3.8) is 0 Å². The van der Waals surface area contributed by atoms with Crippen molar-refractivity contribution in [1.29, 1.82) is 0 Å². The van der Waals surface area contributed by atoms with Gasteiger partial charge in [0, 0.05) is 37.7 Å². The summed E-state index contributed by atoms with van der Waals surface area (Å²) in [6.07, 6.45) is 2.82. The lowest BCUT2D eigenvalue weighted by Crippen LogP contribution is -2.62. The Morgan fingerprint density at radius 1 is 1.07 bits per heavy atom. The number of aliphatic imine (C=N–C) groups is 1. The van der Waals surface area contributed by atoms with Gasteiger partial charge in [-0.1, -0.05) is 35.9 Å². The average molecular weight is 412 g/mol. The van der Waals surface area contributed by atoms with Crippen LogP contribution < -0.4 is 10.2 Å². The molecule has 3 aliphatic rings. The van der Waals surface area contributed by atoms with Crippen LogP contribution in [0.1, 0.15) is 24.8 Å². The third kappa shape index (κ3) is 3.63. The van der Waals surface area contributed by atoms with Crippen molar-refractivity contribution in [3.05, 3.63) is 59.1 Å². The van der Waals surface area contributed by atoms with Crippen LogP contribution in [0.3, 0.4) is 0 Å². The number of nitrogens with zero attached hydrogens (tertiary/aromatic N) is 2. The normalized spacial score (nSPS) is 24.5. The summed E-state index contributed by atoms with van der Waals surface area (Å²) in [5.41, 5.74) is 3.26. The standard InChI is InChI=1S/C23H26ClN3O2/c24-18-5-3-4-17(14-18)15-25-22-23(9-12-28-13-10-23)26-20-6-1-2-7-21(20)27(22)19-8-11-29-16-19/h1-7,14,19,26H,8-13,15-16H2/b25-22+. The van der Waals surface area contributed by atoms with Crippen molar-refractivity contribution in [2.75, 3.05) is 36.6 Å². The second-order valence-electron chi connectivity index (χ2n) is 7.99. The van der Waals surface area contributed by atoms with Gasteiger partial charge in [-0.3, -0.25) is 4.99 Å². The van der Waals surface area contributed by atoms with Gasteiger partial charge >= 0.3 is 0 Å². The first kappa shape index (κ1) is 18.9. The highest BCUT2D eigenvalue weighted by molar-refractivity contribution is 6.30. The molecule has 0 amide bonds. The Morgan fingerprint density at radius 3 is 2.72 bits per heavy atom. The van der Waals surface area contributed by atoms with Crippen molar-refractivity contribution in [2.45, 2.75) is 37.4 Å². The fourth-order valence-electron chi connectivity index (χ4n) is 4.64. The predicted molar refractivity (Wildman–Crippen MR) is 117 cm³/mol. The summed E-state index contributed by atoms with van der Waals surface area (Å²) in [4.78, 5) is 7.65. The summed E-state index contributed by atoms with van der Waals surface area (Å²) in [6, 6.07) is 16.8. The summed E-state index contributed by atoms with van der Waals surface area (Å²) < 4.78 is 11.5. The molecule has 5 rings (SSSR count). The molecule has 0 saturated carbocycles. The first-order valence-electron chi connectivity index (χ1n) is 10.4. The Bertz CT molecular complexity index is 905. The van der Waals surface area contributed by atoms with Gasteiger partial charge in [-0.2, -0.15) is 0 Å². The Morgan fingerprint density at radius 2 is 1.93 bits per heavy atom. The SMILES string of the molecule is Clc1cccc(C/N=C2/N(C3CCOC3)c3ccccc3NC23CCOCC3)c1. The molecule has 29 heavy (non-hydrogen) atoms. The molecule has 0 aromatic heterocycles. The minimum atomic E-state index is -0.215. The van der Waals surface area contributed by atoms with Crippen molar-refractivity contribution >= 4 is 28.8 Å². The molecule has 3 aliphatic heterocycles. The summed E-state index contributed by atoms with van der Waals surface area (Å²) in [5.74, 6) is 1.11. The van der Waals surface area contributed by atoms with Crippen LogP contribution in [0.5, 0.6) is 0 Å². The van der Waals surface area contributed by atoms with Gasteiger partial charge in [-0.05, 0) is 36.2 Å². The average Bonchev–Trinajstić information content (AvgIpc) is 3.27. The fraction of sp³-hybridized carbons (Fsp3) is 0.435. The molecule has 2 saturated heterocycles. The predicted octanol–water partition coefficient (Wildman–Crippen LogP) is 4.51. The first-order valence-corrected chi connectivity index (χ1v) is 10.7. The molecule has 2 aromatic carbocycles. The molecular formula is C23H26ClN3O2. The maximum Gasteiger partial charge on any atom is 0.130 e. The maximum absolute atomic E-state index is 6.20. The Balaban J connectivity index is 1.60. The van der Waals surface area contributed by atoms with E-state index in [1.807, 2.05) is 18.2 Å². The number of fused-ring (bicyclic) bond motifs is 1. The van der Waals surface area contributed by atoms with Gasteiger partial charge in [0.15, 0.2) is 0 Å². The van der Waals surface area contributed by atoms with Crippen LogP contribution in [-0.2, 0) is 16.0 Å². The van der Waals surface area contributed by atoms with Crippen LogP contribution in [0.4, 0.5) is 11.4 Å². The molecule has 0 radical (unpaired) electrons. The molecule has 1 spiro atoms. The first-order chi connectivity index (χ1) is 14.3. The molecule has 1 unspecified atom stereocenters. The molecule has 5 nitrogen and oxygen atoms in total. The van der Waals surface area contributed by atoms with E-state index in [2.05, 4.69) is 40.5 Å². The Kier molecular flexibility index (Phi) is 5.20. The highest BCUT2D eigenvalue weighted by Crippen LogP contribution is 2.42. The zero-order valence-corrected chi connectivity index (χ0v) is 17.2. The lowest BCUT2D eigenvalue weighted by molar-refractivity contribution is 0.0771. The number of hydrogen-bond donors (Lipinski definition) is 1. The van der Waals surface area contributed by atoms with Crippen LogP contribution in [0.2, 0.25) is 5.02 Å². The number of ether oxygens (including phenoxy) is 2. The molecule has 3 heterocycles. The monoisotopic (exact) mass is 411 g/mol. The van der Waals surface area contributed by atoms with E-state index in [-0.39, 0.29) is 5.54 Å². The van der Waals surface area contributed by atoms with Crippen molar-refractivity contribution < 1.29 is 9.47 Å². The smallest absolute Gasteiger partial charge is 0.130 e. The number of para-hydroxylation sites is 2. The zero-order valence-electron chi connectivity index (χ0n) is 16.4. The van der Waals surface area contributed by atoms with E-state index in [1.54, 1.807) is 0 Å². The topological polar surface area (TPSA) is 46.1 Å². The quantitative estimate of drug-likeness (QED) is 0.807. The van der Waals surface area contributed by atoms with Crippen molar-refractivity contribution in [2.24, 2.45) is 4.99 Å². The number of hydrogen-bond acceptors (Lipinski definition) is 4. The van der Waals surface area contributed by atoms with E-state index in [0.29, 0.717) is 12.6 Å². The third-order valence-corrected chi connectivity index (χ3v) is 6.35. The van der Waals surface area contributed by atoms with E-state index < -0.39 is 0 Å².